The Morgan fingerprint density at radius 2 is 2.09 bits per heavy atom. The van der Waals surface area contributed by atoms with E-state index in [4.69, 9.17) is 0 Å². The minimum atomic E-state index is -0.613. The second kappa shape index (κ2) is 6.32. The van der Waals surface area contributed by atoms with E-state index in [1.165, 1.54) is 0 Å². The van der Waals surface area contributed by atoms with Crippen molar-refractivity contribution in [3.05, 3.63) is 35.4 Å². The van der Waals surface area contributed by atoms with Gasteiger partial charge in [0.1, 0.15) is 6.04 Å². The lowest BCUT2D eigenvalue weighted by Gasteiger charge is -2.31. The summed E-state index contributed by atoms with van der Waals surface area (Å²) in [7, 11) is 0. The first kappa shape index (κ1) is 16.0. The van der Waals surface area contributed by atoms with Crippen molar-refractivity contribution in [3.63, 3.8) is 0 Å². The molecular weight excluding hydrogens is 292 g/mol. The molecule has 1 aliphatic heterocycles. The smallest absolute Gasteiger partial charge is 0.243 e. The molecule has 1 fully saturated rings. The van der Waals surface area contributed by atoms with Crippen LogP contribution in [0.1, 0.15) is 43.9 Å². The van der Waals surface area contributed by atoms with Crippen LogP contribution in [0.2, 0.25) is 0 Å². The van der Waals surface area contributed by atoms with Crippen molar-refractivity contribution in [3.8, 4) is 0 Å². The zero-order chi connectivity index (χ0) is 16.6. The maximum Gasteiger partial charge on any atom is 0.243 e. The summed E-state index contributed by atoms with van der Waals surface area (Å²) in [6.07, 6.45) is 1.27. The van der Waals surface area contributed by atoms with E-state index >= 15 is 0 Å². The summed E-state index contributed by atoms with van der Waals surface area (Å²) in [6.45, 7) is 4.54. The van der Waals surface area contributed by atoms with Gasteiger partial charge in [0.15, 0.2) is 0 Å². The van der Waals surface area contributed by atoms with Crippen LogP contribution in [0, 0.1) is 5.92 Å². The predicted molar refractivity (Wildman–Crippen MR) is 86.6 cm³/mol. The molecule has 1 unspecified atom stereocenters. The van der Waals surface area contributed by atoms with E-state index in [-0.39, 0.29) is 17.7 Å². The lowest BCUT2D eigenvalue weighted by atomic mass is 10.0. The molecule has 1 aromatic carbocycles. The van der Waals surface area contributed by atoms with Gasteiger partial charge in [-0.1, -0.05) is 38.1 Å². The number of nitrogens with one attached hydrogen (secondary N) is 1. The van der Waals surface area contributed by atoms with Crippen molar-refractivity contribution >= 4 is 11.8 Å². The molecule has 1 aliphatic carbocycles. The Balaban J connectivity index is 1.78. The number of fused-ring (bicyclic) bond motifs is 1. The van der Waals surface area contributed by atoms with Gasteiger partial charge < -0.3 is 15.3 Å². The third-order valence-corrected chi connectivity index (χ3v) is 4.85. The van der Waals surface area contributed by atoms with E-state index < -0.39 is 18.2 Å². The van der Waals surface area contributed by atoms with Crippen LogP contribution in [0.5, 0.6) is 0 Å². The fraction of sp³-hybridized carbons (Fsp3) is 0.556. The van der Waals surface area contributed by atoms with Gasteiger partial charge in [0.2, 0.25) is 11.8 Å². The van der Waals surface area contributed by atoms with Gasteiger partial charge in [0.05, 0.1) is 12.1 Å². The lowest BCUT2D eigenvalue weighted by molar-refractivity contribution is -0.139. The van der Waals surface area contributed by atoms with Gasteiger partial charge in [-0.25, -0.2) is 0 Å². The zero-order valence-corrected chi connectivity index (χ0v) is 13.7. The lowest BCUT2D eigenvalue weighted by Crippen LogP contribution is -2.51. The van der Waals surface area contributed by atoms with Gasteiger partial charge in [-0.15, -0.1) is 0 Å². The summed E-state index contributed by atoms with van der Waals surface area (Å²) < 4.78 is 0. The quantitative estimate of drug-likeness (QED) is 0.882. The van der Waals surface area contributed by atoms with E-state index in [1.807, 2.05) is 38.1 Å². The number of rotatable bonds is 4. The SMILES string of the molecule is CC(C)C(C(=O)N[C@H]1c2ccccc2C[C@H]1O)N1CCCC1=O. The van der Waals surface area contributed by atoms with Crippen LogP contribution in [0.25, 0.3) is 0 Å². The summed E-state index contributed by atoms with van der Waals surface area (Å²) in [4.78, 5) is 26.5. The van der Waals surface area contributed by atoms with E-state index in [9.17, 15) is 14.7 Å². The highest BCUT2D eigenvalue weighted by molar-refractivity contribution is 5.89. The van der Waals surface area contributed by atoms with Gasteiger partial charge in [-0.05, 0) is 23.5 Å². The second-order valence-corrected chi connectivity index (χ2v) is 6.84. The first-order valence-corrected chi connectivity index (χ1v) is 8.34. The molecule has 0 spiro atoms. The predicted octanol–water partition coefficient (Wildman–Crippen LogP) is 1.41. The molecular formula is C18H24N2O3. The number of likely N-dealkylation sites (tertiary alicyclic amines) is 1. The minimum Gasteiger partial charge on any atom is -0.390 e. The van der Waals surface area contributed by atoms with Gasteiger partial charge >= 0.3 is 0 Å². The zero-order valence-electron chi connectivity index (χ0n) is 13.7. The largest absolute Gasteiger partial charge is 0.390 e. The topological polar surface area (TPSA) is 69.6 Å². The molecule has 0 aromatic heterocycles. The third kappa shape index (κ3) is 2.98. The van der Waals surface area contributed by atoms with Crippen molar-refractivity contribution in [2.24, 2.45) is 5.92 Å². The van der Waals surface area contributed by atoms with Crippen molar-refractivity contribution in [1.82, 2.24) is 10.2 Å². The number of carbonyl (C=O) groups excluding carboxylic acids is 2. The molecule has 0 radical (unpaired) electrons. The van der Waals surface area contributed by atoms with Crippen molar-refractivity contribution in [2.45, 2.75) is 51.3 Å². The molecule has 1 aromatic rings. The van der Waals surface area contributed by atoms with Crippen molar-refractivity contribution < 1.29 is 14.7 Å². The molecule has 1 saturated heterocycles. The number of hydrogen-bond donors (Lipinski definition) is 2. The van der Waals surface area contributed by atoms with Crippen LogP contribution in [0.15, 0.2) is 24.3 Å². The van der Waals surface area contributed by atoms with Gasteiger partial charge in [0.25, 0.3) is 0 Å². The Bertz CT molecular complexity index is 614. The fourth-order valence-corrected chi connectivity index (χ4v) is 3.75. The Kier molecular flexibility index (Phi) is 4.39. The summed E-state index contributed by atoms with van der Waals surface area (Å²) in [5.41, 5.74) is 2.05. The van der Waals surface area contributed by atoms with Gasteiger partial charge in [-0.2, -0.15) is 0 Å². The van der Waals surface area contributed by atoms with Gasteiger partial charge in [0, 0.05) is 19.4 Å². The van der Waals surface area contributed by atoms with E-state index in [2.05, 4.69) is 5.32 Å². The summed E-state index contributed by atoms with van der Waals surface area (Å²) in [5, 5.41) is 13.3. The average molecular weight is 316 g/mol. The standard InChI is InChI=1S/C18H24N2O3/c1-11(2)17(20-9-5-8-15(20)22)18(23)19-16-13-7-4-3-6-12(13)10-14(16)21/h3-4,6-7,11,14,16-17,21H,5,8-10H2,1-2H3,(H,19,23)/t14-,16+,17?/m1/s1. The molecule has 1 heterocycles. The number of benzene rings is 1. The first-order valence-electron chi connectivity index (χ1n) is 8.34. The van der Waals surface area contributed by atoms with E-state index in [1.54, 1.807) is 4.90 Å². The number of amides is 2. The highest BCUT2D eigenvalue weighted by Crippen LogP contribution is 2.31. The van der Waals surface area contributed by atoms with E-state index in [0.717, 1.165) is 17.5 Å². The van der Waals surface area contributed by atoms with E-state index in [0.29, 0.717) is 19.4 Å². The van der Waals surface area contributed by atoms with Crippen LogP contribution >= 0.6 is 0 Å². The molecule has 3 atom stereocenters. The Morgan fingerprint density at radius 3 is 2.74 bits per heavy atom. The number of nitrogens with zero attached hydrogens (tertiary/aromatic N) is 1. The summed E-state index contributed by atoms with van der Waals surface area (Å²) in [5.74, 6) is -0.0898. The maximum absolute atomic E-state index is 12.8. The van der Waals surface area contributed by atoms with Crippen molar-refractivity contribution in [2.75, 3.05) is 6.54 Å². The number of carbonyl (C=O) groups is 2. The molecule has 2 aliphatic rings. The van der Waals surface area contributed by atoms with Crippen LogP contribution in [-0.2, 0) is 16.0 Å². The molecule has 2 amide bonds. The molecule has 23 heavy (non-hydrogen) atoms. The molecule has 2 N–H and O–H groups in total. The Labute approximate surface area is 136 Å². The molecule has 5 nitrogen and oxygen atoms in total. The molecule has 0 saturated carbocycles. The molecule has 0 bridgehead atoms. The number of aliphatic hydroxyl groups is 1. The molecule has 124 valence electrons. The summed E-state index contributed by atoms with van der Waals surface area (Å²) >= 11 is 0. The average Bonchev–Trinajstić information content (AvgIpc) is 3.04. The Morgan fingerprint density at radius 1 is 1.35 bits per heavy atom. The highest BCUT2D eigenvalue weighted by atomic mass is 16.3. The number of hydrogen-bond acceptors (Lipinski definition) is 3. The molecule has 3 rings (SSSR count). The normalized spacial score (nSPS) is 24.9. The van der Waals surface area contributed by atoms with Crippen LogP contribution in [-0.4, -0.2) is 40.5 Å². The van der Waals surface area contributed by atoms with Crippen LogP contribution in [0.4, 0.5) is 0 Å². The highest BCUT2D eigenvalue weighted by Gasteiger charge is 2.38. The van der Waals surface area contributed by atoms with Crippen LogP contribution in [0.3, 0.4) is 0 Å². The number of aliphatic hydroxyl groups excluding tert-OH is 1. The monoisotopic (exact) mass is 316 g/mol. The summed E-state index contributed by atoms with van der Waals surface area (Å²) in [6, 6.07) is 6.93. The van der Waals surface area contributed by atoms with Crippen LogP contribution < -0.4 is 5.32 Å². The van der Waals surface area contributed by atoms with Gasteiger partial charge in [-0.3, -0.25) is 9.59 Å². The van der Waals surface area contributed by atoms with Crippen molar-refractivity contribution in [1.29, 1.82) is 0 Å². The Hall–Kier alpha value is -1.88. The maximum atomic E-state index is 12.8. The first-order chi connectivity index (χ1) is 11.0. The molecule has 5 heteroatoms. The minimum absolute atomic E-state index is 0.0332. The second-order valence-electron chi connectivity index (χ2n) is 6.84. The third-order valence-electron chi connectivity index (χ3n) is 4.85. The fourth-order valence-electron chi connectivity index (χ4n) is 3.75.